The number of nitrogens with zero attached hydrogens (tertiary/aromatic N) is 1. The lowest BCUT2D eigenvalue weighted by molar-refractivity contribution is -0.123. The Bertz CT molecular complexity index is 686. The van der Waals surface area contributed by atoms with Crippen LogP contribution < -0.4 is 14.2 Å². The van der Waals surface area contributed by atoms with Gasteiger partial charge in [0.15, 0.2) is 11.5 Å². The van der Waals surface area contributed by atoms with Crippen molar-refractivity contribution in [3.8, 4) is 17.2 Å². The molecule has 2 bridgehead atoms. The number of ketones is 1. The van der Waals surface area contributed by atoms with E-state index in [-0.39, 0.29) is 12.2 Å². The van der Waals surface area contributed by atoms with Crippen molar-refractivity contribution in [3.05, 3.63) is 17.2 Å². The van der Waals surface area contributed by atoms with Crippen LogP contribution in [-0.4, -0.2) is 37.2 Å². The second-order valence-electron chi connectivity index (χ2n) is 6.80. The molecule has 3 aliphatic heterocycles. The van der Waals surface area contributed by atoms with Crippen molar-refractivity contribution >= 4 is 5.78 Å². The third-order valence-electron chi connectivity index (χ3n) is 6.02. The lowest BCUT2D eigenvalue weighted by atomic mass is 9.63. The highest BCUT2D eigenvalue weighted by Crippen LogP contribution is 2.58. The van der Waals surface area contributed by atoms with Crippen molar-refractivity contribution in [2.24, 2.45) is 0 Å². The van der Waals surface area contributed by atoms with Gasteiger partial charge >= 0.3 is 0 Å². The average molecular weight is 301 g/mol. The molecule has 1 saturated carbocycles. The van der Waals surface area contributed by atoms with Crippen LogP contribution in [0.25, 0.3) is 0 Å². The molecule has 22 heavy (non-hydrogen) atoms. The molecule has 1 saturated heterocycles. The Balaban J connectivity index is 1.74. The minimum Gasteiger partial charge on any atom is -0.492 e. The topological polar surface area (TPSA) is 48.0 Å². The van der Waals surface area contributed by atoms with E-state index >= 15 is 0 Å². The Hall–Kier alpha value is -1.75. The van der Waals surface area contributed by atoms with Crippen LogP contribution in [0.3, 0.4) is 0 Å². The van der Waals surface area contributed by atoms with Gasteiger partial charge in [0.1, 0.15) is 5.78 Å². The highest BCUT2D eigenvalue weighted by molar-refractivity contribution is 5.81. The number of fused-ring (bicyclic) bond motifs is 2. The molecule has 2 fully saturated rings. The summed E-state index contributed by atoms with van der Waals surface area (Å²) in [6.45, 7) is 2.16. The normalized spacial score (nSPS) is 34.3. The number of benzene rings is 1. The fraction of sp³-hybridized carbons (Fsp3) is 0.588. The maximum atomic E-state index is 12.0. The molecule has 5 nitrogen and oxygen atoms in total. The quantitative estimate of drug-likeness (QED) is 0.794. The van der Waals surface area contributed by atoms with E-state index in [1.807, 2.05) is 0 Å². The summed E-state index contributed by atoms with van der Waals surface area (Å²) in [7, 11) is 1.70. The highest BCUT2D eigenvalue weighted by atomic mass is 16.7. The second kappa shape index (κ2) is 4.16. The largest absolute Gasteiger partial charge is 0.492 e. The van der Waals surface area contributed by atoms with Gasteiger partial charge < -0.3 is 14.2 Å². The molecular weight excluding hydrogens is 282 g/mol. The van der Waals surface area contributed by atoms with Crippen LogP contribution in [0.4, 0.5) is 0 Å². The molecule has 0 N–H and O–H groups in total. The fourth-order valence-corrected chi connectivity index (χ4v) is 5.02. The van der Waals surface area contributed by atoms with Crippen molar-refractivity contribution in [2.75, 3.05) is 20.4 Å². The fourth-order valence-electron chi connectivity index (χ4n) is 5.02. The Kier molecular flexibility index (Phi) is 2.41. The third kappa shape index (κ3) is 1.40. The monoisotopic (exact) mass is 301 g/mol. The number of carbonyl (C=O) groups excluding carboxylic acids is 1. The minimum absolute atomic E-state index is 0.0930. The molecule has 4 aliphatic rings. The van der Waals surface area contributed by atoms with Crippen LogP contribution in [0.1, 0.15) is 36.8 Å². The number of ether oxygens (including phenoxy) is 3. The van der Waals surface area contributed by atoms with E-state index in [9.17, 15) is 4.79 Å². The molecule has 3 unspecified atom stereocenters. The second-order valence-corrected chi connectivity index (χ2v) is 6.80. The third-order valence-corrected chi connectivity index (χ3v) is 6.02. The zero-order valence-corrected chi connectivity index (χ0v) is 12.7. The molecule has 3 atom stereocenters. The highest BCUT2D eigenvalue weighted by Gasteiger charge is 2.55. The summed E-state index contributed by atoms with van der Waals surface area (Å²) in [5.74, 6) is 2.76. The molecule has 5 heteroatoms. The molecule has 5 rings (SSSR count). The smallest absolute Gasteiger partial charge is 0.231 e. The molecule has 0 radical (unpaired) electrons. The van der Waals surface area contributed by atoms with Gasteiger partial charge in [0.05, 0.1) is 7.11 Å². The SMILES string of the molecule is COc1c2c(cc3c1OCO3)C13CCC(=O)CC1N(CC3)C2. The summed E-state index contributed by atoms with van der Waals surface area (Å²) in [4.78, 5) is 14.4. The van der Waals surface area contributed by atoms with Crippen LogP contribution in [-0.2, 0) is 16.8 Å². The predicted molar refractivity (Wildman–Crippen MR) is 78.5 cm³/mol. The lowest BCUT2D eigenvalue weighted by Crippen LogP contribution is -2.50. The molecule has 1 aromatic carbocycles. The van der Waals surface area contributed by atoms with Crippen molar-refractivity contribution < 1.29 is 19.0 Å². The summed E-state index contributed by atoms with van der Waals surface area (Å²) < 4.78 is 16.9. The van der Waals surface area contributed by atoms with Crippen molar-refractivity contribution in [1.29, 1.82) is 0 Å². The first-order valence-corrected chi connectivity index (χ1v) is 7.98. The van der Waals surface area contributed by atoms with Gasteiger partial charge in [-0.3, -0.25) is 9.69 Å². The van der Waals surface area contributed by atoms with E-state index in [0.29, 0.717) is 24.7 Å². The van der Waals surface area contributed by atoms with Crippen molar-refractivity contribution in [1.82, 2.24) is 4.90 Å². The molecule has 1 aliphatic carbocycles. The van der Waals surface area contributed by atoms with E-state index in [2.05, 4.69) is 11.0 Å². The van der Waals surface area contributed by atoms with Crippen molar-refractivity contribution in [3.63, 3.8) is 0 Å². The molecule has 3 heterocycles. The van der Waals surface area contributed by atoms with Crippen LogP contribution in [0.15, 0.2) is 6.07 Å². The van der Waals surface area contributed by atoms with E-state index in [1.54, 1.807) is 7.11 Å². The zero-order valence-electron chi connectivity index (χ0n) is 12.7. The van der Waals surface area contributed by atoms with Gasteiger partial charge in [0.2, 0.25) is 12.5 Å². The molecule has 0 aromatic heterocycles. The molecule has 116 valence electrons. The average Bonchev–Trinajstić information content (AvgIpc) is 3.08. The van der Waals surface area contributed by atoms with Crippen LogP contribution in [0.2, 0.25) is 0 Å². The van der Waals surface area contributed by atoms with Gasteiger partial charge in [-0.25, -0.2) is 0 Å². The molecular formula is C17H19NO4. The minimum atomic E-state index is 0.0930. The summed E-state index contributed by atoms with van der Waals surface area (Å²) in [5, 5.41) is 0. The Morgan fingerprint density at radius 3 is 3.14 bits per heavy atom. The molecule has 1 aromatic rings. The first-order valence-electron chi connectivity index (χ1n) is 7.98. The van der Waals surface area contributed by atoms with E-state index in [0.717, 1.165) is 43.2 Å². The van der Waals surface area contributed by atoms with Gasteiger partial charge in [0.25, 0.3) is 0 Å². The number of hydrogen-bond acceptors (Lipinski definition) is 5. The van der Waals surface area contributed by atoms with Crippen LogP contribution in [0, 0.1) is 0 Å². The van der Waals surface area contributed by atoms with E-state index < -0.39 is 0 Å². The Labute approximate surface area is 129 Å². The van der Waals surface area contributed by atoms with Gasteiger partial charge in [-0.2, -0.15) is 0 Å². The summed E-state index contributed by atoms with van der Waals surface area (Å²) in [6.07, 6.45) is 3.46. The number of hydrogen-bond donors (Lipinski definition) is 0. The number of carbonyl (C=O) groups is 1. The first-order chi connectivity index (χ1) is 10.7. The standard InChI is InChI=1S/C17H19NO4/c1-20-15-11-8-18-5-4-17(3-2-10(19)6-14(17)18)12(11)7-13-16(15)22-9-21-13/h7,14H,2-6,8-9H2,1H3. The first kappa shape index (κ1) is 12.8. The number of Topliss-reactive ketones (excluding diaryl/α,β-unsaturated/α-hetero) is 1. The van der Waals surface area contributed by atoms with Gasteiger partial charge in [-0.05, 0) is 31.0 Å². The van der Waals surface area contributed by atoms with Crippen LogP contribution in [0.5, 0.6) is 17.2 Å². The predicted octanol–water partition coefficient (Wildman–Crippen LogP) is 2.00. The molecule has 0 amide bonds. The number of rotatable bonds is 1. The lowest BCUT2D eigenvalue weighted by Gasteiger charge is -2.46. The Morgan fingerprint density at radius 1 is 1.36 bits per heavy atom. The maximum absolute atomic E-state index is 12.0. The van der Waals surface area contributed by atoms with Gasteiger partial charge in [-0.1, -0.05) is 0 Å². The van der Waals surface area contributed by atoms with Gasteiger partial charge in [0, 0.05) is 36.4 Å². The maximum Gasteiger partial charge on any atom is 0.231 e. The summed E-state index contributed by atoms with van der Waals surface area (Å²) in [5.41, 5.74) is 2.66. The zero-order chi connectivity index (χ0) is 14.9. The van der Waals surface area contributed by atoms with E-state index in [4.69, 9.17) is 14.2 Å². The van der Waals surface area contributed by atoms with Gasteiger partial charge in [-0.15, -0.1) is 0 Å². The van der Waals surface area contributed by atoms with Crippen LogP contribution >= 0.6 is 0 Å². The number of methoxy groups -OCH3 is 1. The summed E-state index contributed by atoms with van der Waals surface area (Å²) in [6, 6.07) is 2.51. The van der Waals surface area contributed by atoms with E-state index in [1.165, 1.54) is 11.1 Å². The molecule has 0 spiro atoms. The summed E-state index contributed by atoms with van der Waals surface area (Å²) >= 11 is 0. The Morgan fingerprint density at radius 2 is 2.27 bits per heavy atom. The van der Waals surface area contributed by atoms with Crippen molar-refractivity contribution in [2.45, 2.75) is 43.7 Å².